The van der Waals surface area contributed by atoms with Crippen molar-refractivity contribution in [2.24, 2.45) is 0 Å². The fourth-order valence-corrected chi connectivity index (χ4v) is 1.32. The van der Waals surface area contributed by atoms with Crippen molar-refractivity contribution >= 4 is 22.8 Å². The number of carbonyl (C=O) groups is 2. The fourth-order valence-electron chi connectivity index (χ4n) is 1.18. The molecule has 0 radical (unpaired) electrons. The molecule has 1 heterocycles. The molecule has 0 bridgehead atoms. The van der Waals surface area contributed by atoms with Gasteiger partial charge in [-0.05, 0) is 24.4 Å². The molecule has 0 spiro atoms. The van der Waals surface area contributed by atoms with E-state index in [-0.39, 0.29) is 12.5 Å². The molecule has 4 heteroatoms. The van der Waals surface area contributed by atoms with Gasteiger partial charge < -0.3 is 4.90 Å². The van der Waals surface area contributed by atoms with E-state index in [1.54, 1.807) is 0 Å². The summed E-state index contributed by atoms with van der Waals surface area (Å²) in [5.74, 6) is 0.0465. The van der Waals surface area contributed by atoms with Gasteiger partial charge in [0.1, 0.15) is 0 Å². The van der Waals surface area contributed by atoms with Gasteiger partial charge in [-0.25, -0.2) is 0 Å². The first-order chi connectivity index (χ1) is 5.20. The third kappa shape index (κ3) is 2.50. The lowest BCUT2D eigenvalue weighted by Crippen LogP contribution is -2.37. The van der Waals surface area contributed by atoms with Gasteiger partial charge in [-0.15, -0.1) is 0 Å². The molecule has 1 fully saturated rings. The molecule has 1 amide bonds. The Balaban J connectivity index is 2.42. The van der Waals surface area contributed by atoms with Crippen LogP contribution in [0.1, 0.15) is 19.3 Å². The minimum absolute atomic E-state index is 0.0465. The van der Waals surface area contributed by atoms with E-state index in [1.807, 2.05) is 0 Å². The Labute approximate surface area is 70.3 Å². The lowest BCUT2D eigenvalue weighted by atomic mass is 10.1. The predicted molar refractivity (Wildman–Crippen MR) is 41.3 cm³/mol. The van der Waals surface area contributed by atoms with Crippen molar-refractivity contribution in [2.75, 3.05) is 13.1 Å². The number of piperidine rings is 1. The average molecular weight is 176 g/mol. The molecule has 0 aromatic rings. The summed E-state index contributed by atoms with van der Waals surface area (Å²) in [7, 11) is 0. The van der Waals surface area contributed by atoms with E-state index < -0.39 is 5.24 Å². The summed E-state index contributed by atoms with van der Waals surface area (Å²) < 4.78 is 0. The number of amides is 1. The normalized spacial score (nSPS) is 18.6. The SMILES string of the molecule is O=C(Cl)CN1CCCCC1=O. The second kappa shape index (κ2) is 3.72. The van der Waals surface area contributed by atoms with E-state index in [0.29, 0.717) is 13.0 Å². The van der Waals surface area contributed by atoms with E-state index in [4.69, 9.17) is 11.6 Å². The standard InChI is InChI=1S/C7H10ClNO2/c8-6(10)5-9-4-2-1-3-7(9)11/h1-5H2. The zero-order valence-corrected chi connectivity index (χ0v) is 6.93. The van der Waals surface area contributed by atoms with Gasteiger partial charge in [0.05, 0.1) is 6.54 Å². The molecule has 1 aliphatic rings. The van der Waals surface area contributed by atoms with Crippen molar-refractivity contribution in [3.63, 3.8) is 0 Å². The van der Waals surface area contributed by atoms with E-state index in [1.165, 1.54) is 4.90 Å². The number of hydrogen-bond acceptors (Lipinski definition) is 2. The lowest BCUT2D eigenvalue weighted by Gasteiger charge is -2.24. The van der Waals surface area contributed by atoms with Gasteiger partial charge in [-0.1, -0.05) is 0 Å². The molecule has 0 N–H and O–H groups in total. The number of carbonyl (C=O) groups excluding carboxylic acids is 2. The second-order valence-electron chi connectivity index (χ2n) is 2.63. The maximum atomic E-state index is 11.0. The Hall–Kier alpha value is -0.570. The topological polar surface area (TPSA) is 37.4 Å². The Morgan fingerprint density at radius 3 is 2.82 bits per heavy atom. The summed E-state index contributed by atoms with van der Waals surface area (Å²) in [5.41, 5.74) is 0. The van der Waals surface area contributed by atoms with Crippen LogP contribution in [0, 0.1) is 0 Å². The van der Waals surface area contributed by atoms with Gasteiger partial charge in [0, 0.05) is 13.0 Å². The van der Waals surface area contributed by atoms with Crippen molar-refractivity contribution in [2.45, 2.75) is 19.3 Å². The highest BCUT2D eigenvalue weighted by atomic mass is 35.5. The van der Waals surface area contributed by atoms with Gasteiger partial charge in [-0.2, -0.15) is 0 Å². The minimum Gasteiger partial charge on any atom is -0.334 e. The number of hydrogen-bond donors (Lipinski definition) is 0. The van der Waals surface area contributed by atoms with Crippen molar-refractivity contribution in [1.82, 2.24) is 4.90 Å². The monoisotopic (exact) mass is 175 g/mol. The molecule has 62 valence electrons. The maximum absolute atomic E-state index is 11.0. The van der Waals surface area contributed by atoms with Gasteiger partial charge >= 0.3 is 0 Å². The molecule has 0 aromatic heterocycles. The summed E-state index contributed by atoms with van der Waals surface area (Å²) in [6.07, 6.45) is 2.48. The van der Waals surface area contributed by atoms with Crippen LogP contribution >= 0.6 is 11.6 Å². The van der Waals surface area contributed by atoms with Crippen LogP contribution in [0.25, 0.3) is 0 Å². The summed E-state index contributed by atoms with van der Waals surface area (Å²) in [6.45, 7) is 0.748. The van der Waals surface area contributed by atoms with E-state index >= 15 is 0 Å². The van der Waals surface area contributed by atoms with Crippen molar-refractivity contribution in [1.29, 1.82) is 0 Å². The molecule has 0 unspecified atom stereocenters. The summed E-state index contributed by atoms with van der Waals surface area (Å²) >= 11 is 5.14. The zero-order chi connectivity index (χ0) is 8.27. The summed E-state index contributed by atoms with van der Waals surface area (Å²) in [6, 6.07) is 0. The zero-order valence-electron chi connectivity index (χ0n) is 6.18. The summed E-state index contributed by atoms with van der Waals surface area (Å²) in [5, 5.41) is -0.458. The predicted octanol–water partition coefficient (Wildman–Crippen LogP) is 0.764. The molecule has 0 atom stereocenters. The van der Waals surface area contributed by atoms with Crippen LogP contribution in [0.4, 0.5) is 0 Å². The molecule has 11 heavy (non-hydrogen) atoms. The fraction of sp³-hybridized carbons (Fsp3) is 0.714. The molecular formula is C7H10ClNO2. The number of nitrogens with zero attached hydrogens (tertiary/aromatic N) is 1. The highest BCUT2D eigenvalue weighted by Gasteiger charge is 2.18. The van der Waals surface area contributed by atoms with Gasteiger partial charge in [0.2, 0.25) is 11.1 Å². The van der Waals surface area contributed by atoms with Crippen molar-refractivity contribution in [3.8, 4) is 0 Å². The highest BCUT2D eigenvalue weighted by molar-refractivity contribution is 6.64. The van der Waals surface area contributed by atoms with Crippen LogP contribution in [0.2, 0.25) is 0 Å². The van der Waals surface area contributed by atoms with Crippen molar-refractivity contribution < 1.29 is 9.59 Å². The quantitative estimate of drug-likeness (QED) is 0.582. The molecular weight excluding hydrogens is 166 g/mol. The Kier molecular flexibility index (Phi) is 2.88. The van der Waals surface area contributed by atoms with E-state index in [2.05, 4.69) is 0 Å². The first-order valence-corrected chi connectivity index (χ1v) is 4.04. The van der Waals surface area contributed by atoms with Crippen molar-refractivity contribution in [3.05, 3.63) is 0 Å². The number of likely N-dealkylation sites (tertiary alicyclic amines) is 1. The third-order valence-electron chi connectivity index (χ3n) is 1.74. The molecule has 1 saturated heterocycles. The highest BCUT2D eigenvalue weighted by Crippen LogP contribution is 2.09. The largest absolute Gasteiger partial charge is 0.334 e. The van der Waals surface area contributed by atoms with Crippen LogP contribution in [0.15, 0.2) is 0 Å². The molecule has 1 rings (SSSR count). The van der Waals surface area contributed by atoms with Crippen LogP contribution in [-0.2, 0) is 9.59 Å². The van der Waals surface area contributed by atoms with Gasteiger partial charge in [0.25, 0.3) is 0 Å². The van der Waals surface area contributed by atoms with E-state index in [9.17, 15) is 9.59 Å². The first-order valence-electron chi connectivity index (χ1n) is 3.66. The first kappa shape index (κ1) is 8.53. The number of halogens is 1. The Morgan fingerprint density at radius 2 is 2.27 bits per heavy atom. The second-order valence-corrected chi connectivity index (χ2v) is 3.05. The molecule has 1 aliphatic heterocycles. The molecule has 0 aliphatic carbocycles. The minimum atomic E-state index is -0.458. The smallest absolute Gasteiger partial charge is 0.241 e. The molecule has 0 aromatic carbocycles. The Morgan fingerprint density at radius 1 is 1.55 bits per heavy atom. The Bertz CT molecular complexity index is 181. The summed E-state index contributed by atoms with van der Waals surface area (Å²) in [4.78, 5) is 23.0. The molecule has 3 nitrogen and oxygen atoms in total. The number of rotatable bonds is 2. The maximum Gasteiger partial charge on any atom is 0.241 e. The molecule has 0 saturated carbocycles. The van der Waals surface area contributed by atoms with Crippen LogP contribution < -0.4 is 0 Å². The average Bonchev–Trinajstić information content (AvgIpc) is 1.93. The van der Waals surface area contributed by atoms with Gasteiger partial charge in [0.15, 0.2) is 0 Å². The third-order valence-corrected chi connectivity index (χ3v) is 1.86. The van der Waals surface area contributed by atoms with Crippen LogP contribution in [0.5, 0.6) is 0 Å². The van der Waals surface area contributed by atoms with Crippen LogP contribution in [-0.4, -0.2) is 29.1 Å². The van der Waals surface area contributed by atoms with Crippen LogP contribution in [0.3, 0.4) is 0 Å². The lowest BCUT2D eigenvalue weighted by molar-refractivity contribution is -0.135. The van der Waals surface area contributed by atoms with Gasteiger partial charge in [-0.3, -0.25) is 9.59 Å². The van der Waals surface area contributed by atoms with E-state index in [0.717, 1.165) is 12.8 Å².